The van der Waals surface area contributed by atoms with E-state index in [1.165, 1.54) is 0 Å². The smallest absolute Gasteiger partial charge is 0.256 e. The van der Waals surface area contributed by atoms with Crippen LogP contribution in [0.5, 0.6) is 0 Å². The molecule has 1 aliphatic rings. The van der Waals surface area contributed by atoms with E-state index in [0.717, 1.165) is 16.5 Å². The number of hydrogen-bond donors (Lipinski definition) is 1. The van der Waals surface area contributed by atoms with Gasteiger partial charge in [0.05, 0.1) is 12.1 Å². The quantitative estimate of drug-likeness (QED) is 0.789. The second kappa shape index (κ2) is 5.49. The van der Waals surface area contributed by atoms with Gasteiger partial charge in [0.15, 0.2) is 0 Å². The van der Waals surface area contributed by atoms with E-state index in [4.69, 9.17) is 0 Å². The van der Waals surface area contributed by atoms with Gasteiger partial charge in [-0.3, -0.25) is 4.79 Å². The summed E-state index contributed by atoms with van der Waals surface area (Å²) in [7, 11) is 1.95. The lowest BCUT2D eigenvalue weighted by Gasteiger charge is -2.23. The maximum absolute atomic E-state index is 13.0. The fourth-order valence-electron chi connectivity index (χ4n) is 3.63. The highest BCUT2D eigenvalue weighted by Crippen LogP contribution is 2.33. The van der Waals surface area contributed by atoms with Crippen molar-refractivity contribution in [2.45, 2.75) is 12.0 Å². The van der Waals surface area contributed by atoms with Crippen molar-refractivity contribution in [2.24, 2.45) is 7.05 Å². The Kier molecular flexibility index (Phi) is 3.43. The topological polar surface area (TPSA) is 45.5 Å². The molecular weight excluding hydrogens is 300 g/mol. The molecule has 24 heavy (non-hydrogen) atoms. The van der Waals surface area contributed by atoms with Gasteiger partial charge in [-0.2, -0.15) is 0 Å². The Hall–Kier alpha value is -2.59. The van der Waals surface area contributed by atoms with E-state index in [0.29, 0.717) is 25.1 Å². The van der Waals surface area contributed by atoms with Gasteiger partial charge in [-0.25, -0.2) is 0 Å². The third-order valence-electron chi connectivity index (χ3n) is 4.97. The van der Waals surface area contributed by atoms with Crippen molar-refractivity contribution in [3.05, 3.63) is 71.9 Å². The lowest BCUT2D eigenvalue weighted by atomic mass is 9.93. The number of β-amino-alcohol motifs (C(OH)–C–C–N with tert-alkyl or cyclic N) is 1. The van der Waals surface area contributed by atoms with Crippen LogP contribution in [0.1, 0.15) is 22.3 Å². The second-order valence-corrected chi connectivity index (χ2v) is 6.55. The van der Waals surface area contributed by atoms with E-state index in [9.17, 15) is 9.90 Å². The molecule has 4 heteroatoms. The van der Waals surface area contributed by atoms with Crippen molar-refractivity contribution in [1.29, 1.82) is 0 Å². The van der Waals surface area contributed by atoms with Gasteiger partial charge in [0.2, 0.25) is 0 Å². The normalized spacial score (nSPS) is 20.7. The predicted octanol–water partition coefficient (Wildman–Crippen LogP) is 2.91. The number of carbonyl (C=O) groups is 1. The Morgan fingerprint density at radius 3 is 2.58 bits per heavy atom. The van der Waals surface area contributed by atoms with Crippen LogP contribution in [0.3, 0.4) is 0 Å². The molecule has 4 rings (SSSR count). The lowest BCUT2D eigenvalue weighted by molar-refractivity contribution is 0.0418. The van der Waals surface area contributed by atoms with Gasteiger partial charge in [0.25, 0.3) is 5.91 Å². The van der Waals surface area contributed by atoms with Crippen LogP contribution < -0.4 is 0 Å². The predicted molar refractivity (Wildman–Crippen MR) is 93.8 cm³/mol. The highest BCUT2D eigenvalue weighted by atomic mass is 16.3. The molecule has 0 radical (unpaired) electrons. The molecule has 0 saturated carbocycles. The molecule has 3 aromatic rings. The van der Waals surface area contributed by atoms with Crippen LogP contribution in [0.15, 0.2) is 60.8 Å². The molecule has 0 unspecified atom stereocenters. The zero-order chi connectivity index (χ0) is 16.7. The summed E-state index contributed by atoms with van der Waals surface area (Å²) >= 11 is 0. The number of benzene rings is 2. The summed E-state index contributed by atoms with van der Waals surface area (Å²) in [6.45, 7) is 0.895. The highest BCUT2D eigenvalue weighted by Gasteiger charge is 2.40. The fourth-order valence-corrected chi connectivity index (χ4v) is 3.63. The zero-order valence-corrected chi connectivity index (χ0v) is 13.6. The third-order valence-corrected chi connectivity index (χ3v) is 4.97. The monoisotopic (exact) mass is 320 g/mol. The first-order valence-electron chi connectivity index (χ1n) is 8.20. The Labute approximate surface area is 140 Å². The van der Waals surface area contributed by atoms with Crippen LogP contribution >= 0.6 is 0 Å². The molecule has 2 aromatic carbocycles. The number of hydrogen-bond acceptors (Lipinski definition) is 2. The van der Waals surface area contributed by atoms with E-state index in [-0.39, 0.29) is 5.91 Å². The van der Waals surface area contributed by atoms with Crippen LogP contribution in [0, 0.1) is 0 Å². The van der Waals surface area contributed by atoms with Crippen molar-refractivity contribution in [2.75, 3.05) is 13.1 Å². The summed E-state index contributed by atoms with van der Waals surface area (Å²) in [5, 5.41) is 11.9. The van der Waals surface area contributed by atoms with Crippen molar-refractivity contribution < 1.29 is 9.90 Å². The van der Waals surface area contributed by atoms with Gasteiger partial charge in [-0.15, -0.1) is 0 Å². The summed E-state index contributed by atoms with van der Waals surface area (Å²) in [5.41, 5.74) is 1.66. The van der Waals surface area contributed by atoms with Crippen LogP contribution in [-0.2, 0) is 12.6 Å². The molecule has 1 aromatic heterocycles. The number of likely N-dealkylation sites (tertiary alicyclic amines) is 1. The van der Waals surface area contributed by atoms with E-state index < -0.39 is 5.60 Å². The molecule has 1 fully saturated rings. The number of carbonyl (C=O) groups excluding carboxylic acids is 1. The average Bonchev–Trinajstić information content (AvgIpc) is 3.18. The summed E-state index contributed by atoms with van der Waals surface area (Å²) in [5.74, 6) is -0.0151. The van der Waals surface area contributed by atoms with Gasteiger partial charge in [0, 0.05) is 30.7 Å². The highest BCUT2D eigenvalue weighted by molar-refractivity contribution is 6.07. The first-order valence-corrected chi connectivity index (χ1v) is 8.20. The molecule has 0 spiro atoms. The standard InChI is InChI=1S/C20H20N2O2/c1-21-13-17(16-9-5-6-10-18(16)21)19(23)22-12-11-20(24,14-22)15-7-3-2-4-8-15/h2-10,13,24H,11-12,14H2,1H3/t20-/m1/s1. The first kappa shape index (κ1) is 15.0. The molecule has 1 saturated heterocycles. The Bertz CT molecular complexity index is 900. The van der Waals surface area contributed by atoms with Crippen molar-refractivity contribution in [3.8, 4) is 0 Å². The van der Waals surface area contributed by atoms with Crippen LogP contribution in [-0.4, -0.2) is 33.6 Å². The number of aromatic nitrogens is 1. The van der Waals surface area contributed by atoms with E-state index in [2.05, 4.69) is 0 Å². The van der Waals surface area contributed by atoms with E-state index in [1.807, 2.05) is 72.4 Å². The first-order chi connectivity index (χ1) is 11.6. The summed E-state index contributed by atoms with van der Waals surface area (Å²) in [4.78, 5) is 14.8. The fraction of sp³-hybridized carbons (Fsp3) is 0.250. The number of nitrogens with zero attached hydrogens (tertiary/aromatic N) is 2. The lowest BCUT2D eigenvalue weighted by Crippen LogP contribution is -2.34. The number of aliphatic hydroxyl groups is 1. The summed E-state index contributed by atoms with van der Waals surface area (Å²) in [6, 6.07) is 17.5. The Morgan fingerprint density at radius 2 is 1.79 bits per heavy atom. The number of aryl methyl sites for hydroxylation is 1. The minimum Gasteiger partial charge on any atom is -0.383 e. The van der Waals surface area contributed by atoms with Crippen LogP contribution in [0.2, 0.25) is 0 Å². The summed E-state index contributed by atoms with van der Waals surface area (Å²) in [6.07, 6.45) is 2.44. The minimum absolute atomic E-state index is 0.0151. The molecule has 1 atom stereocenters. The Morgan fingerprint density at radius 1 is 1.08 bits per heavy atom. The molecule has 0 aliphatic carbocycles. The van der Waals surface area contributed by atoms with Crippen molar-refractivity contribution >= 4 is 16.8 Å². The third kappa shape index (κ3) is 2.31. The number of rotatable bonds is 2. The van der Waals surface area contributed by atoms with Gasteiger partial charge < -0.3 is 14.6 Å². The minimum atomic E-state index is -0.957. The van der Waals surface area contributed by atoms with Crippen LogP contribution in [0.25, 0.3) is 10.9 Å². The van der Waals surface area contributed by atoms with Crippen LogP contribution in [0.4, 0.5) is 0 Å². The maximum Gasteiger partial charge on any atom is 0.256 e. The average molecular weight is 320 g/mol. The van der Waals surface area contributed by atoms with Gasteiger partial charge >= 0.3 is 0 Å². The summed E-state index contributed by atoms with van der Waals surface area (Å²) < 4.78 is 1.97. The SMILES string of the molecule is Cn1cc(C(=O)N2CC[C@](O)(c3ccccc3)C2)c2ccccc21. The Balaban J connectivity index is 1.64. The zero-order valence-electron chi connectivity index (χ0n) is 13.6. The van der Waals surface area contributed by atoms with E-state index in [1.54, 1.807) is 4.90 Å². The van der Waals surface area contributed by atoms with E-state index >= 15 is 0 Å². The van der Waals surface area contributed by atoms with Gasteiger partial charge in [0.1, 0.15) is 5.60 Å². The maximum atomic E-state index is 13.0. The largest absolute Gasteiger partial charge is 0.383 e. The number of para-hydroxylation sites is 1. The van der Waals surface area contributed by atoms with Gasteiger partial charge in [-0.05, 0) is 18.1 Å². The molecule has 4 nitrogen and oxygen atoms in total. The molecule has 1 N–H and O–H groups in total. The van der Waals surface area contributed by atoms with Crippen molar-refractivity contribution in [1.82, 2.24) is 9.47 Å². The molecule has 2 heterocycles. The second-order valence-electron chi connectivity index (χ2n) is 6.55. The number of fused-ring (bicyclic) bond motifs is 1. The molecule has 1 aliphatic heterocycles. The van der Waals surface area contributed by atoms with Gasteiger partial charge in [-0.1, -0.05) is 48.5 Å². The molecule has 1 amide bonds. The molecule has 0 bridgehead atoms. The van der Waals surface area contributed by atoms with Crippen molar-refractivity contribution in [3.63, 3.8) is 0 Å². The molecular formula is C20H20N2O2. The number of amides is 1. The molecule has 122 valence electrons.